The summed E-state index contributed by atoms with van der Waals surface area (Å²) >= 11 is 3.73. The van der Waals surface area contributed by atoms with E-state index in [4.69, 9.17) is 23.8 Å². The lowest BCUT2D eigenvalue weighted by molar-refractivity contribution is -0.121. The number of phosphoric acid groups is 1. The highest BCUT2D eigenvalue weighted by Gasteiger charge is 2.51. The second kappa shape index (κ2) is 8.90. The van der Waals surface area contributed by atoms with Crippen molar-refractivity contribution in [3.8, 4) is 0 Å². The molecule has 0 saturated carbocycles. The number of nitrogens with one attached hydrogen (secondary N) is 1. The summed E-state index contributed by atoms with van der Waals surface area (Å²) in [4.78, 5) is 30.4. The molecule has 0 bridgehead atoms. The lowest BCUT2D eigenvalue weighted by atomic mass is 10.1. The summed E-state index contributed by atoms with van der Waals surface area (Å²) in [6, 6.07) is 0. The van der Waals surface area contributed by atoms with Crippen molar-refractivity contribution in [2.45, 2.75) is 31.0 Å². The fourth-order valence-electron chi connectivity index (χ4n) is 2.60. The van der Waals surface area contributed by atoms with Gasteiger partial charge in [0.25, 0.3) is 0 Å². The molecule has 2 rings (SSSR count). The van der Waals surface area contributed by atoms with Crippen LogP contribution in [0.3, 0.4) is 0 Å². The van der Waals surface area contributed by atoms with Gasteiger partial charge in [0.05, 0.1) is 19.4 Å². The van der Waals surface area contributed by atoms with E-state index in [1.807, 2.05) is 0 Å². The van der Waals surface area contributed by atoms with Gasteiger partial charge in [0, 0.05) is 25.8 Å². The van der Waals surface area contributed by atoms with E-state index in [0.29, 0.717) is 0 Å². The highest BCUT2D eigenvalue weighted by atomic mass is 32.7. The van der Waals surface area contributed by atoms with Crippen LogP contribution in [0.2, 0.25) is 0 Å². The van der Waals surface area contributed by atoms with Gasteiger partial charge >= 0.3 is 15.1 Å². The van der Waals surface area contributed by atoms with Crippen LogP contribution in [0.15, 0.2) is 12.3 Å². The Morgan fingerprint density at radius 2 is 2.24 bits per heavy atom. The number of carbonyl (C=O) groups excluding carboxylic acids is 1. The highest BCUT2D eigenvalue weighted by Crippen LogP contribution is 2.40. The molecule has 2 aliphatic rings. The number of carbonyl (C=O) groups is 1. The van der Waals surface area contributed by atoms with Gasteiger partial charge in [-0.05, 0) is 4.57 Å². The predicted octanol–water partition coefficient (Wildman–Crippen LogP) is 0.101. The number of methoxy groups -OCH3 is 1. The number of phosphoric ester groups is 1. The molecular formula is C11H19N2O9P2S+. The molecule has 5 unspecified atom stereocenters. The summed E-state index contributed by atoms with van der Waals surface area (Å²) in [6.07, 6.45) is 0.0512. The van der Waals surface area contributed by atoms with Crippen molar-refractivity contribution in [2.24, 2.45) is 0 Å². The smallest absolute Gasteiger partial charge is 0.374 e. The first-order chi connectivity index (χ1) is 11.7. The summed E-state index contributed by atoms with van der Waals surface area (Å²) in [5, 5.41) is 2.61. The number of hydrogen-bond donors (Lipinski definition) is 4. The van der Waals surface area contributed by atoms with Crippen LogP contribution in [0, 0.1) is 0 Å². The molecule has 0 aromatic heterocycles. The highest BCUT2D eigenvalue weighted by molar-refractivity contribution is 8.39. The van der Waals surface area contributed by atoms with E-state index in [9.17, 15) is 13.9 Å². The zero-order chi connectivity index (χ0) is 18.6. The Balaban J connectivity index is 2.10. The van der Waals surface area contributed by atoms with Gasteiger partial charge in [0.15, 0.2) is 12.3 Å². The van der Waals surface area contributed by atoms with Crippen LogP contribution in [-0.4, -0.2) is 65.5 Å². The van der Waals surface area contributed by atoms with E-state index in [1.54, 1.807) is 4.90 Å². The van der Waals surface area contributed by atoms with E-state index in [2.05, 4.69) is 22.1 Å². The molecule has 1 fully saturated rings. The molecule has 0 aliphatic carbocycles. The first-order valence-corrected chi connectivity index (χ1v) is 11.0. The predicted molar refractivity (Wildman–Crippen MR) is 87.5 cm³/mol. The van der Waals surface area contributed by atoms with E-state index >= 15 is 0 Å². The standard InChI is InChI=1S/C11H18N2O9P2S/c1-19-10-9(22-23(15)25)7(3-5-20-24(16,17)18)21-11(10)13-4-2-8(14)12-6-13/h2,4,7,9-11H,3,5-6H2,1H3,(H3-,12,14,15,16,17,18,25)/p+1. The van der Waals surface area contributed by atoms with Crippen molar-refractivity contribution in [3.05, 3.63) is 12.3 Å². The lowest BCUT2D eigenvalue weighted by Gasteiger charge is -2.32. The lowest BCUT2D eigenvalue weighted by Crippen LogP contribution is -2.49. The van der Waals surface area contributed by atoms with Gasteiger partial charge in [-0.15, -0.1) is 4.52 Å². The Labute approximate surface area is 149 Å². The maximum Gasteiger partial charge on any atom is 0.582 e. The maximum atomic E-state index is 11.4. The minimum Gasteiger partial charge on any atom is -0.374 e. The molecule has 5 atom stereocenters. The molecule has 0 aromatic rings. The average molecular weight is 417 g/mol. The van der Waals surface area contributed by atoms with Crippen LogP contribution in [0.25, 0.3) is 0 Å². The number of rotatable bonds is 8. The van der Waals surface area contributed by atoms with Crippen LogP contribution >= 0.6 is 27.3 Å². The van der Waals surface area contributed by atoms with Gasteiger partial charge in [0.2, 0.25) is 5.91 Å². The maximum absolute atomic E-state index is 11.4. The third kappa shape index (κ3) is 5.99. The van der Waals surface area contributed by atoms with E-state index < -0.39 is 39.6 Å². The second-order valence-electron chi connectivity index (χ2n) is 5.21. The van der Waals surface area contributed by atoms with Gasteiger partial charge < -0.3 is 29.5 Å². The van der Waals surface area contributed by atoms with Crippen molar-refractivity contribution in [1.29, 1.82) is 0 Å². The summed E-state index contributed by atoms with van der Waals surface area (Å²) < 4.78 is 43.1. The summed E-state index contributed by atoms with van der Waals surface area (Å²) in [5.41, 5.74) is 0. The number of thiol groups is 1. The monoisotopic (exact) mass is 417 g/mol. The first kappa shape index (κ1) is 20.8. The van der Waals surface area contributed by atoms with Crippen molar-refractivity contribution >= 4 is 33.2 Å². The minimum absolute atomic E-state index is 0.0625. The zero-order valence-corrected chi connectivity index (χ0v) is 15.8. The van der Waals surface area contributed by atoms with E-state index in [0.717, 1.165) is 0 Å². The normalized spacial score (nSPS) is 30.5. The Morgan fingerprint density at radius 1 is 1.52 bits per heavy atom. The quantitative estimate of drug-likeness (QED) is 0.317. The fraction of sp³-hybridized carbons (Fsp3) is 0.727. The molecule has 2 heterocycles. The third-order valence-corrected chi connectivity index (χ3v) is 4.84. The summed E-state index contributed by atoms with van der Waals surface area (Å²) in [6.45, 7) is -0.126. The topological polar surface area (TPSA) is 144 Å². The SMILES string of the molecule is COC1C(O[P+](=O)S)C(CCOP(=O)(O)O)OC1N1C=CC(=O)NC1. The number of ether oxygens (including phenoxy) is 2. The van der Waals surface area contributed by atoms with Gasteiger partial charge in [-0.25, -0.2) is 4.57 Å². The molecule has 3 N–H and O–H groups in total. The Hall–Kier alpha value is -0.550. The van der Waals surface area contributed by atoms with Crippen molar-refractivity contribution in [1.82, 2.24) is 10.2 Å². The Morgan fingerprint density at radius 3 is 2.76 bits per heavy atom. The first-order valence-electron chi connectivity index (χ1n) is 7.14. The average Bonchev–Trinajstić information content (AvgIpc) is 2.84. The van der Waals surface area contributed by atoms with Crippen LogP contribution in [0.1, 0.15) is 6.42 Å². The number of hydrogen-bond acceptors (Lipinski definition) is 8. The molecule has 0 spiro atoms. The molecule has 11 nitrogen and oxygen atoms in total. The van der Waals surface area contributed by atoms with Gasteiger partial charge in [-0.1, -0.05) is 0 Å². The van der Waals surface area contributed by atoms with Crippen LogP contribution in [-0.2, 0) is 32.4 Å². The second-order valence-corrected chi connectivity index (χ2v) is 8.12. The minimum atomic E-state index is -4.61. The molecule has 0 radical (unpaired) electrons. The largest absolute Gasteiger partial charge is 0.582 e. The Bertz CT molecular complexity index is 586. The van der Waals surface area contributed by atoms with Crippen molar-refractivity contribution < 1.29 is 42.2 Å². The fourth-order valence-corrected chi connectivity index (χ4v) is 3.73. The molecule has 1 amide bonds. The van der Waals surface area contributed by atoms with Crippen molar-refractivity contribution in [2.75, 3.05) is 20.4 Å². The number of amides is 1. The van der Waals surface area contributed by atoms with Crippen LogP contribution < -0.4 is 5.32 Å². The molecular weight excluding hydrogens is 398 g/mol. The van der Waals surface area contributed by atoms with Crippen LogP contribution in [0.5, 0.6) is 0 Å². The molecule has 2 aliphatic heterocycles. The Kier molecular flexibility index (Phi) is 7.39. The van der Waals surface area contributed by atoms with Crippen LogP contribution in [0.4, 0.5) is 0 Å². The third-order valence-electron chi connectivity index (χ3n) is 3.61. The summed E-state index contributed by atoms with van der Waals surface area (Å²) in [5.74, 6) is -0.249. The van der Waals surface area contributed by atoms with Gasteiger partial charge in [0.1, 0.15) is 18.4 Å². The van der Waals surface area contributed by atoms with Gasteiger partial charge in [-0.3, -0.25) is 9.32 Å². The molecule has 142 valence electrons. The number of nitrogens with zero attached hydrogens (tertiary/aromatic N) is 1. The van der Waals surface area contributed by atoms with Crippen molar-refractivity contribution in [3.63, 3.8) is 0 Å². The molecule has 1 saturated heterocycles. The van der Waals surface area contributed by atoms with E-state index in [-0.39, 0.29) is 25.6 Å². The molecule has 14 heteroatoms. The van der Waals surface area contributed by atoms with Gasteiger partial charge in [-0.2, -0.15) is 0 Å². The van der Waals surface area contributed by atoms with E-state index in [1.165, 1.54) is 19.4 Å². The summed E-state index contributed by atoms with van der Waals surface area (Å²) in [7, 11) is -5.46. The molecule has 25 heavy (non-hydrogen) atoms. The zero-order valence-electron chi connectivity index (χ0n) is 13.1. The molecule has 0 aromatic carbocycles.